The first kappa shape index (κ1) is 6.09. The van der Waals surface area contributed by atoms with Gasteiger partial charge in [-0.2, -0.15) is 0 Å². The third-order valence-corrected chi connectivity index (χ3v) is 2.20. The fourth-order valence-corrected chi connectivity index (χ4v) is 2.13. The zero-order chi connectivity index (χ0) is 6.04. The van der Waals surface area contributed by atoms with Crippen molar-refractivity contribution in [3.8, 4) is 0 Å². The Kier molecular flexibility index (Phi) is 1.57. The van der Waals surface area contributed by atoms with E-state index in [1.54, 1.807) is 6.92 Å². The van der Waals surface area contributed by atoms with Crippen LogP contribution in [0.4, 0.5) is 0 Å². The summed E-state index contributed by atoms with van der Waals surface area (Å²) in [6.45, 7) is 1.77. The van der Waals surface area contributed by atoms with Gasteiger partial charge >= 0.3 is 54.7 Å². The SMILES string of the molecule is CC1(O)C=C[Se]C=C1. The molecule has 0 aromatic carbocycles. The van der Waals surface area contributed by atoms with Gasteiger partial charge in [-0.1, -0.05) is 0 Å². The van der Waals surface area contributed by atoms with Crippen LogP contribution in [0.5, 0.6) is 0 Å². The number of hydrogen-bond acceptors (Lipinski definition) is 1. The van der Waals surface area contributed by atoms with Crippen LogP contribution in [-0.2, 0) is 0 Å². The van der Waals surface area contributed by atoms with Gasteiger partial charge in [0.2, 0.25) is 0 Å². The Morgan fingerprint density at radius 1 is 1.38 bits per heavy atom. The van der Waals surface area contributed by atoms with E-state index in [4.69, 9.17) is 0 Å². The van der Waals surface area contributed by atoms with E-state index in [9.17, 15) is 5.11 Å². The van der Waals surface area contributed by atoms with Gasteiger partial charge in [0.1, 0.15) is 0 Å². The zero-order valence-electron chi connectivity index (χ0n) is 4.66. The summed E-state index contributed by atoms with van der Waals surface area (Å²) in [6, 6.07) is 0. The molecular formula is C6H8OSe. The summed E-state index contributed by atoms with van der Waals surface area (Å²) >= 11 is 0.488. The van der Waals surface area contributed by atoms with E-state index >= 15 is 0 Å². The minimum absolute atomic E-state index is 0.488. The van der Waals surface area contributed by atoms with E-state index in [2.05, 4.69) is 0 Å². The number of rotatable bonds is 0. The molecule has 0 bridgehead atoms. The standard InChI is InChI=1S/C6H8OSe/c1-6(7)2-4-8-5-3-6/h2-5,7H,1H3. The van der Waals surface area contributed by atoms with E-state index in [0.717, 1.165) is 0 Å². The van der Waals surface area contributed by atoms with Crippen molar-refractivity contribution < 1.29 is 5.11 Å². The van der Waals surface area contributed by atoms with Crippen molar-refractivity contribution in [3.63, 3.8) is 0 Å². The van der Waals surface area contributed by atoms with Crippen LogP contribution in [0.2, 0.25) is 0 Å². The Morgan fingerprint density at radius 2 is 1.88 bits per heavy atom. The summed E-state index contributed by atoms with van der Waals surface area (Å²) in [5.41, 5.74) is -0.667. The van der Waals surface area contributed by atoms with Crippen LogP contribution in [0.1, 0.15) is 6.92 Å². The van der Waals surface area contributed by atoms with Gasteiger partial charge in [0.15, 0.2) is 0 Å². The molecule has 1 aliphatic heterocycles. The zero-order valence-corrected chi connectivity index (χ0v) is 6.38. The van der Waals surface area contributed by atoms with E-state index in [-0.39, 0.29) is 0 Å². The molecule has 0 saturated carbocycles. The van der Waals surface area contributed by atoms with Crippen molar-refractivity contribution in [1.29, 1.82) is 0 Å². The second-order valence-electron chi connectivity index (χ2n) is 1.97. The third kappa shape index (κ3) is 1.48. The van der Waals surface area contributed by atoms with E-state index < -0.39 is 5.60 Å². The van der Waals surface area contributed by atoms with Crippen LogP contribution < -0.4 is 0 Å². The predicted molar refractivity (Wildman–Crippen MR) is 34.7 cm³/mol. The molecule has 0 unspecified atom stereocenters. The average molecular weight is 175 g/mol. The van der Waals surface area contributed by atoms with Crippen LogP contribution in [0.25, 0.3) is 0 Å². The molecule has 0 spiro atoms. The molecule has 8 heavy (non-hydrogen) atoms. The minimum atomic E-state index is -0.667. The molecule has 1 nitrogen and oxygen atoms in total. The molecule has 1 heterocycles. The van der Waals surface area contributed by atoms with Crippen LogP contribution in [0.15, 0.2) is 22.1 Å². The second kappa shape index (κ2) is 2.06. The molecule has 0 saturated heterocycles. The van der Waals surface area contributed by atoms with Gasteiger partial charge in [-0.05, 0) is 0 Å². The molecule has 1 N–H and O–H groups in total. The normalized spacial score (nSPS) is 23.8. The molecule has 0 atom stereocenters. The first-order valence-corrected chi connectivity index (χ1v) is 4.42. The molecule has 44 valence electrons. The maximum absolute atomic E-state index is 9.21. The molecule has 2 heteroatoms. The number of aliphatic hydroxyl groups is 1. The van der Waals surface area contributed by atoms with E-state index in [1.165, 1.54) is 0 Å². The molecule has 0 aliphatic carbocycles. The van der Waals surface area contributed by atoms with Gasteiger partial charge in [0.25, 0.3) is 0 Å². The Morgan fingerprint density at radius 3 is 2.12 bits per heavy atom. The first-order valence-electron chi connectivity index (χ1n) is 2.44. The molecule has 0 aromatic rings. The summed E-state index contributed by atoms with van der Waals surface area (Å²) in [4.78, 5) is 4.04. The van der Waals surface area contributed by atoms with Crippen molar-refractivity contribution in [2.24, 2.45) is 0 Å². The van der Waals surface area contributed by atoms with Crippen molar-refractivity contribution in [3.05, 3.63) is 22.1 Å². The first-order chi connectivity index (χ1) is 3.71. The molecular weight excluding hydrogens is 167 g/mol. The Labute approximate surface area is 55.3 Å². The molecule has 0 aromatic heterocycles. The van der Waals surface area contributed by atoms with Crippen LogP contribution in [0, 0.1) is 0 Å². The fraction of sp³-hybridized carbons (Fsp3) is 0.333. The fourth-order valence-electron chi connectivity index (χ4n) is 0.455. The van der Waals surface area contributed by atoms with Crippen LogP contribution in [-0.4, -0.2) is 25.7 Å². The predicted octanol–water partition coefficient (Wildman–Crippen LogP) is 0.483. The second-order valence-corrected chi connectivity index (χ2v) is 3.68. The summed E-state index contributed by atoms with van der Waals surface area (Å²) in [5, 5.41) is 9.21. The van der Waals surface area contributed by atoms with E-state index in [0.29, 0.717) is 15.0 Å². The van der Waals surface area contributed by atoms with Gasteiger partial charge in [0.05, 0.1) is 0 Å². The molecule has 0 radical (unpaired) electrons. The van der Waals surface area contributed by atoms with E-state index in [1.807, 2.05) is 22.1 Å². The number of hydrogen-bond donors (Lipinski definition) is 1. The van der Waals surface area contributed by atoms with Gasteiger partial charge in [-0.3, -0.25) is 0 Å². The van der Waals surface area contributed by atoms with Crippen molar-refractivity contribution in [1.82, 2.24) is 0 Å². The van der Waals surface area contributed by atoms with Crippen molar-refractivity contribution in [2.45, 2.75) is 12.5 Å². The van der Waals surface area contributed by atoms with Crippen LogP contribution in [0.3, 0.4) is 0 Å². The van der Waals surface area contributed by atoms with Gasteiger partial charge in [0, 0.05) is 0 Å². The monoisotopic (exact) mass is 176 g/mol. The molecule has 1 rings (SSSR count). The average Bonchev–Trinajstić information content (AvgIpc) is 1.65. The quantitative estimate of drug-likeness (QED) is 0.531. The summed E-state index contributed by atoms with van der Waals surface area (Å²) in [6.07, 6.45) is 3.65. The Balaban J connectivity index is 2.69. The van der Waals surface area contributed by atoms with Gasteiger partial charge in [-0.25, -0.2) is 0 Å². The Hall–Kier alpha value is -0.0405. The molecule has 0 fully saturated rings. The molecule has 1 aliphatic rings. The van der Waals surface area contributed by atoms with Crippen LogP contribution >= 0.6 is 0 Å². The summed E-state index contributed by atoms with van der Waals surface area (Å²) < 4.78 is 0. The molecule has 0 amide bonds. The topological polar surface area (TPSA) is 20.2 Å². The third-order valence-electron chi connectivity index (χ3n) is 0.968. The maximum atomic E-state index is 9.21. The van der Waals surface area contributed by atoms with Crippen molar-refractivity contribution >= 4 is 15.0 Å². The van der Waals surface area contributed by atoms with Gasteiger partial charge in [-0.15, -0.1) is 0 Å². The van der Waals surface area contributed by atoms with Crippen molar-refractivity contribution in [2.75, 3.05) is 0 Å². The summed E-state index contributed by atoms with van der Waals surface area (Å²) in [5.74, 6) is 0. The Bertz CT molecular complexity index is 121. The summed E-state index contributed by atoms with van der Waals surface area (Å²) in [7, 11) is 0. The van der Waals surface area contributed by atoms with Gasteiger partial charge < -0.3 is 0 Å².